The van der Waals surface area contributed by atoms with Gasteiger partial charge in [-0.05, 0) is 25.8 Å². The first kappa shape index (κ1) is 21.4. The minimum absolute atomic E-state index is 0.0897. The summed E-state index contributed by atoms with van der Waals surface area (Å²) in [4.78, 5) is 15.5. The summed E-state index contributed by atoms with van der Waals surface area (Å²) < 4.78 is 7.27. The zero-order chi connectivity index (χ0) is 23.9. The monoisotopic (exact) mass is 458 g/mol. The Morgan fingerprint density at radius 3 is 2.44 bits per heavy atom. The standard InChI is InChI=1S/C26H30N6O2/c1-16-13-31(14-17(2)24(16,3)33)21-11-22(30-23(29-21)34-5)32-20-10-19(7-6-18(20)12-28-32)26(27-4)15-25(26)8-9-25/h6-7,10-12,16-17,33H,8-9,13-15H2,1-3,5H3/t16-,17+,24?,26-/m1/s1. The maximum Gasteiger partial charge on any atom is 0.320 e. The molecule has 1 unspecified atom stereocenters. The number of piperidine rings is 1. The predicted octanol–water partition coefficient (Wildman–Crippen LogP) is 3.97. The van der Waals surface area contributed by atoms with Crippen LogP contribution < -0.4 is 9.64 Å². The molecule has 0 radical (unpaired) electrons. The number of aromatic nitrogens is 4. The van der Waals surface area contributed by atoms with E-state index in [9.17, 15) is 5.11 Å². The van der Waals surface area contributed by atoms with Gasteiger partial charge in [-0.1, -0.05) is 26.0 Å². The van der Waals surface area contributed by atoms with Gasteiger partial charge in [0.25, 0.3) is 5.54 Å². The molecule has 1 aliphatic heterocycles. The Balaban J connectivity index is 1.41. The number of rotatable bonds is 4. The predicted molar refractivity (Wildman–Crippen MR) is 129 cm³/mol. The summed E-state index contributed by atoms with van der Waals surface area (Å²) in [5.41, 5.74) is 1.13. The Labute approximate surface area is 199 Å². The number of ether oxygens (including phenoxy) is 1. The maximum atomic E-state index is 10.8. The smallest absolute Gasteiger partial charge is 0.320 e. The van der Waals surface area contributed by atoms with Crippen LogP contribution in [0.2, 0.25) is 0 Å². The molecule has 1 N–H and O–H groups in total. The molecular weight excluding hydrogens is 428 g/mol. The number of hydrogen-bond acceptors (Lipinski definition) is 6. The molecule has 1 aromatic carbocycles. The van der Waals surface area contributed by atoms with Crippen molar-refractivity contribution in [2.45, 2.75) is 51.2 Å². The van der Waals surface area contributed by atoms with Gasteiger partial charge in [-0.3, -0.25) is 0 Å². The highest BCUT2D eigenvalue weighted by atomic mass is 16.5. The van der Waals surface area contributed by atoms with Crippen LogP contribution in [0.1, 0.15) is 45.6 Å². The Morgan fingerprint density at radius 1 is 1.12 bits per heavy atom. The van der Waals surface area contributed by atoms with E-state index in [1.165, 1.54) is 0 Å². The van der Waals surface area contributed by atoms with E-state index in [1.807, 2.05) is 23.9 Å². The fraction of sp³-hybridized carbons (Fsp3) is 0.538. The lowest BCUT2D eigenvalue weighted by molar-refractivity contribution is -0.0504. The largest absolute Gasteiger partial charge is 0.467 e. The van der Waals surface area contributed by atoms with Gasteiger partial charge in [0, 0.05) is 48.4 Å². The lowest BCUT2D eigenvalue weighted by Gasteiger charge is -2.46. The van der Waals surface area contributed by atoms with Crippen LogP contribution >= 0.6 is 0 Å². The average molecular weight is 459 g/mol. The topological polar surface area (TPSA) is 80.7 Å². The van der Waals surface area contributed by atoms with Crippen molar-refractivity contribution in [3.63, 3.8) is 0 Å². The molecule has 6 rings (SSSR count). The normalized spacial score (nSPS) is 31.5. The number of nitrogens with zero attached hydrogens (tertiary/aromatic N) is 6. The molecule has 1 spiro atoms. The van der Waals surface area contributed by atoms with Crippen molar-refractivity contribution in [2.24, 2.45) is 17.3 Å². The van der Waals surface area contributed by atoms with Gasteiger partial charge in [0.05, 0.1) is 29.8 Å². The molecule has 8 nitrogen and oxygen atoms in total. The van der Waals surface area contributed by atoms with Crippen LogP contribution in [0.15, 0.2) is 30.5 Å². The quantitative estimate of drug-likeness (QED) is 0.596. The molecular formula is C26H30N6O2. The fourth-order valence-electron chi connectivity index (χ4n) is 5.82. The first-order valence-corrected chi connectivity index (χ1v) is 12.0. The van der Waals surface area contributed by atoms with Gasteiger partial charge in [0.2, 0.25) is 0 Å². The van der Waals surface area contributed by atoms with Crippen LogP contribution in [-0.2, 0) is 5.54 Å². The second-order valence-electron chi connectivity index (χ2n) is 10.8. The van der Waals surface area contributed by atoms with Gasteiger partial charge >= 0.3 is 6.01 Å². The van der Waals surface area contributed by atoms with E-state index in [0.29, 0.717) is 18.9 Å². The van der Waals surface area contributed by atoms with Crippen molar-refractivity contribution in [2.75, 3.05) is 25.1 Å². The lowest BCUT2D eigenvalue weighted by Crippen LogP contribution is -2.55. The van der Waals surface area contributed by atoms with Crippen molar-refractivity contribution in [3.8, 4) is 11.8 Å². The van der Waals surface area contributed by atoms with Crippen LogP contribution in [0.25, 0.3) is 21.6 Å². The van der Waals surface area contributed by atoms with E-state index in [4.69, 9.17) is 11.3 Å². The summed E-state index contributed by atoms with van der Waals surface area (Å²) in [5.74, 6) is 1.56. The number of benzene rings is 1. The first-order chi connectivity index (χ1) is 16.2. The maximum absolute atomic E-state index is 10.8. The molecule has 2 aromatic heterocycles. The highest BCUT2D eigenvalue weighted by Crippen LogP contribution is 2.79. The van der Waals surface area contributed by atoms with Crippen molar-refractivity contribution in [3.05, 3.63) is 47.4 Å². The molecule has 2 aliphatic carbocycles. The fourth-order valence-corrected chi connectivity index (χ4v) is 5.82. The average Bonchev–Trinajstić information content (AvgIpc) is 3.71. The number of hydrogen-bond donors (Lipinski definition) is 1. The molecule has 1 saturated heterocycles. The highest BCUT2D eigenvalue weighted by Gasteiger charge is 2.82. The van der Waals surface area contributed by atoms with Crippen molar-refractivity contribution in [1.29, 1.82) is 0 Å². The number of aliphatic hydroxyl groups is 1. The summed E-state index contributed by atoms with van der Waals surface area (Å²) in [7, 11) is 1.57. The van der Waals surface area contributed by atoms with Crippen LogP contribution in [-0.4, -0.2) is 50.7 Å². The highest BCUT2D eigenvalue weighted by molar-refractivity contribution is 5.81. The van der Waals surface area contributed by atoms with E-state index in [2.05, 4.69) is 56.9 Å². The Morgan fingerprint density at radius 2 is 1.82 bits per heavy atom. The van der Waals surface area contributed by atoms with E-state index >= 15 is 0 Å². The third-order valence-electron chi connectivity index (χ3n) is 8.83. The van der Waals surface area contributed by atoms with E-state index < -0.39 is 5.60 Å². The summed E-state index contributed by atoms with van der Waals surface area (Å²) >= 11 is 0. The first-order valence-electron chi connectivity index (χ1n) is 12.0. The summed E-state index contributed by atoms with van der Waals surface area (Å²) in [6.45, 7) is 15.3. The molecule has 3 aromatic rings. The van der Waals surface area contributed by atoms with Crippen LogP contribution in [0, 0.1) is 23.8 Å². The van der Waals surface area contributed by atoms with Gasteiger partial charge in [-0.2, -0.15) is 15.1 Å². The number of fused-ring (bicyclic) bond motifs is 1. The van der Waals surface area contributed by atoms with Crippen molar-refractivity contribution in [1.82, 2.24) is 19.7 Å². The zero-order valence-electron chi connectivity index (χ0n) is 20.1. The molecule has 3 fully saturated rings. The molecule has 0 amide bonds. The van der Waals surface area contributed by atoms with Crippen LogP contribution in [0.5, 0.6) is 6.01 Å². The van der Waals surface area contributed by atoms with Gasteiger partial charge in [0.15, 0.2) is 5.82 Å². The van der Waals surface area contributed by atoms with E-state index in [1.54, 1.807) is 7.11 Å². The van der Waals surface area contributed by atoms with Crippen molar-refractivity contribution < 1.29 is 9.84 Å². The molecule has 3 heterocycles. The molecule has 0 bridgehead atoms. The molecule has 34 heavy (non-hydrogen) atoms. The minimum atomic E-state index is -0.717. The molecule has 2 saturated carbocycles. The Bertz CT molecular complexity index is 1320. The molecule has 8 heteroatoms. The van der Waals surface area contributed by atoms with Crippen LogP contribution in [0.3, 0.4) is 0 Å². The van der Waals surface area contributed by atoms with Crippen molar-refractivity contribution >= 4 is 16.7 Å². The summed E-state index contributed by atoms with van der Waals surface area (Å²) in [5, 5.41) is 16.5. The zero-order valence-corrected chi connectivity index (χ0v) is 20.1. The number of methoxy groups -OCH3 is 1. The molecule has 176 valence electrons. The Hall–Kier alpha value is -3.18. The van der Waals surface area contributed by atoms with E-state index in [-0.39, 0.29) is 28.8 Å². The van der Waals surface area contributed by atoms with Gasteiger partial charge in [-0.15, -0.1) is 0 Å². The summed E-state index contributed by atoms with van der Waals surface area (Å²) in [6, 6.07) is 8.48. The van der Waals surface area contributed by atoms with E-state index in [0.717, 1.165) is 41.5 Å². The number of anilines is 1. The summed E-state index contributed by atoms with van der Waals surface area (Å²) in [6.07, 6.45) is 5.10. The molecule has 4 atom stereocenters. The third-order valence-corrected chi connectivity index (χ3v) is 8.83. The molecule has 3 aliphatic rings. The third kappa shape index (κ3) is 2.89. The van der Waals surface area contributed by atoms with Crippen LogP contribution in [0.4, 0.5) is 5.82 Å². The second kappa shape index (κ2) is 6.92. The van der Waals surface area contributed by atoms with Gasteiger partial charge in [-0.25, -0.2) is 11.3 Å². The SMILES string of the molecule is [C-]#[N+][C@@]1(c2ccc3cnn(-c4cc(N5C[C@@H](C)C(C)(O)[C@@H](C)C5)nc(OC)n4)c3c2)CC12CC2. The van der Waals surface area contributed by atoms with Gasteiger partial charge in [0.1, 0.15) is 5.82 Å². The minimum Gasteiger partial charge on any atom is -0.467 e. The van der Waals surface area contributed by atoms with Gasteiger partial charge < -0.3 is 19.6 Å². The lowest BCUT2D eigenvalue weighted by atomic mass is 9.76. The Kier molecular flexibility index (Phi) is 4.35. The second-order valence-corrected chi connectivity index (χ2v) is 10.8.